The fraction of sp³-hybridized carbons (Fsp3) is 0.600. The lowest BCUT2D eigenvalue weighted by Crippen LogP contribution is -2.43. The van der Waals surface area contributed by atoms with Gasteiger partial charge in [0.2, 0.25) is 5.91 Å². The van der Waals surface area contributed by atoms with Crippen LogP contribution in [0.4, 0.5) is 0 Å². The van der Waals surface area contributed by atoms with Gasteiger partial charge in [0.1, 0.15) is 0 Å². The number of piperidine rings is 1. The third kappa shape index (κ3) is 3.96. The Morgan fingerprint density at radius 3 is 2.63 bits per heavy atom. The standard InChI is InChI=1S/C20H29N5O2/c1-5-8-21-19(26)15-6-9-24(10-7-15)20(27)17-11-16-12-22-25(13(2)3)18(16)23-14(17)4/h11-13,15H,5-10H2,1-4H3,(H,21,26). The van der Waals surface area contributed by atoms with E-state index in [1.165, 1.54) is 0 Å². The van der Waals surface area contributed by atoms with Crippen LogP contribution in [0, 0.1) is 12.8 Å². The second-order valence-electron chi connectivity index (χ2n) is 7.57. The molecule has 1 aliphatic rings. The number of carbonyl (C=O) groups is 2. The number of amides is 2. The highest BCUT2D eigenvalue weighted by atomic mass is 16.2. The molecule has 1 saturated heterocycles. The van der Waals surface area contributed by atoms with E-state index in [-0.39, 0.29) is 23.8 Å². The van der Waals surface area contributed by atoms with Gasteiger partial charge < -0.3 is 10.2 Å². The smallest absolute Gasteiger partial charge is 0.255 e. The topological polar surface area (TPSA) is 80.1 Å². The SMILES string of the molecule is CCCNC(=O)C1CCN(C(=O)c2cc3cnn(C(C)C)c3nc2C)CC1. The normalized spacial score (nSPS) is 15.5. The first-order chi connectivity index (χ1) is 12.9. The average Bonchev–Trinajstić information content (AvgIpc) is 3.08. The van der Waals surface area contributed by atoms with Crippen LogP contribution in [-0.4, -0.2) is 51.1 Å². The largest absolute Gasteiger partial charge is 0.356 e. The van der Waals surface area contributed by atoms with Crippen molar-refractivity contribution in [2.75, 3.05) is 19.6 Å². The Bertz CT molecular complexity index is 834. The molecule has 7 nitrogen and oxygen atoms in total. The van der Waals surface area contributed by atoms with Crippen LogP contribution in [0.1, 0.15) is 62.1 Å². The predicted molar refractivity (Wildman–Crippen MR) is 105 cm³/mol. The highest BCUT2D eigenvalue weighted by Crippen LogP contribution is 2.23. The molecule has 0 atom stereocenters. The summed E-state index contributed by atoms with van der Waals surface area (Å²) in [6.45, 7) is 9.95. The molecule has 0 radical (unpaired) electrons. The molecule has 1 N–H and O–H groups in total. The lowest BCUT2D eigenvalue weighted by Gasteiger charge is -2.31. The molecule has 2 aromatic heterocycles. The molecular weight excluding hydrogens is 342 g/mol. The molecule has 1 fully saturated rings. The van der Waals surface area contributed by atoms with Gasteiger partial charge in [0.15, 0.2) is 5.65 Å². The molecule has 3 heterocycles. The lowest BCUT2D eigenvalue weighted by molar-refractivity contribution is -0.126. The van der Waals surface area contributed by atoms with Crippen LogP contribution >= 0.6 is 0 Å². The van der Waals surface area contributed by atoms with Crippen molar-refractivity contribution >= 4 is 22.8 Å². The summed E-state index contributed by atoms with van der Waals surface area (Å²) in [5.41, 5.74) is 2.16. The maximum absolute atomic E-state index is 13.0. The quantitative estimate of drug-likeness (QED) is 0.876. The monoisotopic (exact) mass is 371 g/mol. The van der Waals surface area contributed by atoms with Gasteiger partial charge in [-0.3, -0.25) is 9.59 Å². The third-order valence-electron chi connectivity index (χ3n) is 5.18. The molecule has 2 aromatic rings. The molecule has 0 saturated carbocycles. The Labute approximate surface area is 160 Å². The molecule has 0 aliphatic carbocycles. The number of nitrogens with one attached hydrogen (secondary N) is 1. The molecule has 7 heteroatoms. The van der Waals surface area contributed by atoms with E-state index in [0.29, 0.717) is 38.0 Å². The highest BCUT2D eigenvalue weighted by Gasteiger charge is 2.28. The zero-order valence-corrected chi connectivity index (χ0v) is 16.7. The first-order valence-electron chi connectivity index (χ1n) is 9.84. The number of hydrogen-bond donors (Lipinski definition) is 1. The van der Waals surface area contributed by atoms with Crippen molar-refractivity contribution in [2.24, 2.45) is 5.92 Å². The summed E-state index contributed by atoms with van der Waals surface area (Å²) >= 11 is 0. The van der Waals surface area contributed by atoms with E-state index >= 15 is 0 Å². The first-order valence-corrected chi connectivity index (χ1v) is 9.84. The van der Waals surface area contributed by atoms with Gasteiger partial charge in [0, 0.05) is 37.0 Å². The first kappa shape index (κ1) is 19.3. The Morgan fingerprint density at radius 1 is 1.30 bits per heavy atom. The number of aryl methyl sites for hydroxylation is 1. The van der Waals surface area contributed by atoms with E-state index in [4.69, 9.17) is 0 Å². The van der Waals surface area contributed by atoms with Crippen molar-refractivity contribution in [1.29, 1.82) is 0 Å². The molecule has 0 unspecified atom stereocenters. The summed E-state index contributed by atoms with van der Waals surface area (Å²) in [7, 11) is 0. The molecule has 0 bridgehead atoms. The van der Waals surface area contributed by atoms with Crippen LogP contribution in [0.3, 0.4) is 0 Å². The molecular formula is C20H29N5O2. The van der Waals surface area contributed by atoms with Gasteiger partial charge in [0.05, 0.1) is 17.5 Å². The Kier molecular flexibility index (Phi) is 5.77. The van der Waals surface area contributed by atoms with Crippen molar-refractivity contribution in [3.63, 3.8) is 0 Å². The van der Waals surface area contributed by atoms with Crippen LogP contribution < -0.4 is 5.32 Å². The number of carbonyl (C=O) groups excluding carboxylic acids is 2. The predicted octanol–water partition coefficient (Wildman–Crippen LogP) is 2.70. The van der Waals surface area contributed by atoms with Gasteiger partial charge in [0.25, 0.3) is 5.91 Å². The van der Waals surface area contributed by atoms with Crippen molar-refractivity contribution in [3.8, 4) is 0 Å². The van der Waals surface area contributed by atoms with E-state index in [9.17, 15) is 9.59 Å². The maximum atomic E-state index is 13.0. The van der Waals surface area contributed by atoms with E-state index in [1.807, 2.05) is 29.5 Å². The van der Waals surface area contributed by atoms with Crippen LogP contribution in [-0.2, 0) is 4.79 Å². The van der Waals surface area contributed by atoms with Crippen LogP contribution in [0.15, 0.2) is 12.3 Å². The molecule has 2 amide bonds. The number of likely N-dealkylation sites (tertiary alicyclic amines) is 1. The zero-order chi connectivity index (χ0) is 19.6. The van der Waals surface area contributed by atoms with E-state index in [0.717, 1.165) is 23.1 Å². The molecule has 0 aromatic carbocycles. The number of rotatable bonds is 5. The molecule has 146 valence electrons. The molecule has 3 rings (SSSR count). The van der Waals surface area contributed by atoms with Gasteiger partial charge in [-0.25, -0.2) is 9.67 Å². The van der Waals surface area contributed by atoms with Gasteiger partial charge in [-0.05, 0) is 46.1 Å². The number of nitrogens with zero attached hydrogens (tertiary/aromatic N) is 4. The highest BCUT2D eigenvalue weighted by molar-refractivity contribution is 5.98. The second-order valence-corrected chi connectivity index (χ2v) is 7.57. The summed E-state index contributed by atoms with van der Waals surface area (Å²) in [5.74, 6) is 0.113. The zero-order valence-electron chi connectivity index (χ0n) is 16.7. The average molecular weight is 371 g/mol. The summed E-state index contributed by atoms with van der Waals surface area (Å²) < 4.78 is 1.87. The molecule has 27 heavy (non-hydrogen) atoms. The minimum atomic E-state index is -0.00777. The van der Waals surface area contributed by atoms with Gasteiger partial charge in [-0.2, -0.15) is 5.10 Å². The van der Waals surface area contributed by atoms with Crippen molar-refractivity contribution < 1.29 is 9.59 Å². The minimum absolute atomic E-state index is 0.00609. The van der Waals surface area contributed by atoms with Crippen molar-refractivity contribution in [1.82, 2.24) is 25.0 Å². The fourth-order valence-electron chi connectivity index (χ4n) is 3.57. The summed E-state index contributed by atoms with van der Waals surface area (Å²) in [5, 5.41) is 8.23. The fourth-order valence-corrected chi connectivity index (χ4v) is 3.57. The van der Waals surface area contributed by atoms with E-state index < -0.39 is 0 Å². The van der Waals surface area contributed by atoms with Crippen LogP contribution in [0.5, 0.6) is 0 Å². The summed E-state index contributed by atoms with van der Waals surface area (Å²) in [6.07, 6.45) is 4.12. The van der Waals surface area contributed by atoms with Crippen molar-refractivity contribution in [2.45, 2.75) is 53.0 Å². The summed E-state index contributed by atoms with van der Waals surface area (Å²) in [4.78, 5) is 31.6. The van der Waals surface area contributed by atoms with Gasteiger partial charge in [-0.1, -0.05) is 6.92 Å². The Hall–Kier alpha value is -2.44. The summed E-state index contributed by atoms with van der Waals surface area (Å²) in [6, 6.07) is 2.11. The minimum Gasteiger partial charge on any atom is -0.356 e. The third-order valence-corrected chi connectivity index (χ3v) is 5.18. The van der Waals surface area contributed by atoms with E-state index in [2.05, 4.69) is 29.2 Å². The molecule has 1 aliphatic heterocycles. The maximum Gasteiger partial charge on any atom is 0.255 e. The number of fused-ring (bicyclic) bond motifs is 1. The second kappa shape index (κ2) is 8.06. The van der Waals surface area contributed by atoms with Gasteiger partial charge in [-0.15, -0.1) is 0 Å². The lowest BCUT2D eigenvalue weighted by atomic mass is 9.95. The number of pyridine rings is 1. The van der Waals surface area contributed by atoms with Crippen LogP contribution in [0.25, 0.3) is 11.0 Å². The Morgan fingerprint density at radius 2 is 2.00 bits per heavy atom. The number of aromatic nitrogens is 3. The Balaban J connectivity index is 1.71. The van der Waals surface area contributed by atoms with Crippen LogP contribution in [0.2, 0.25) is 0 Å². The van der Waals surface area contributed by atoms with Gasteiger partial charge >= 0.3 is 0 Å². The van der Waals surface area contributed by atoms with Crippen molar-refractivity contribution in [3.05, 3.63) is 23.5 Å². The molecule has 0 spiro atoms. The number of hydrogen-bond acceptors (Lipinski definition) is 4. The van der Waals surface area contributed by atoms with E-state index in [1.54, 1.807) is 6.20 Å².